The van der Waals surface area contributed by atoms with Gasteiger partial charge in [0.1, 0.15) is 5.75 Å². The van der Waals surface area contributed by atoms with Crippen molar-refractivity contribution in [3.8, 4) is 5.75 Å². The Morgan fingerprint density at radius 3 is 2.79 bits per heavy atom. The number of nitrogen functional groups attached to an aromatic ring is 1. The van der Waals surface area contributed by atoms with Crippen LogP contribution in [0, 0.1) is 0 Å². The summed E-state index contributed by atoms with van der Waals surface area (Å²) in [5.41, 5.74) is 6.32. The lowest BCUT2D eigenvalue weighted by Gasteiger charge is -2.24. The first kappa shape index (κ1) is 13.7. The molecule has 104 valence electrons. The van der Waals surface area contributed by atoms with Gasteiger partial charge in [0.2, 0.25) is 0 Å². The summed E-state index contributed by atoms with van der Waals surface area (Å²) in [7, 11) is 0. The molecule has 1 aliphatic carbocycles. The molecule has 0 aliphatic heterocycles. The fourth-order valence-electron chi connectivity index (χ4n) is 2.41. The van der Waals surface area contributed by atoms with E-state index in [1.54, 1.807) is 25.1 Å². The van der Waals surface area contributed by atoms with Crippen molar-refractivity contribution in [3.05, 3.63) is 24.3 Å². The van der Waals surface area contributed by atoms with Gasteiger partial charge in [0.15, 0.2) is 6.10 Å². The highest BCUT2D eigenvalue weighted by Gasteiger charge is 2.20. The molecule has 0 bridgehead atoms. The Labute approximate surface area is 114 Å². The van der Waals surface area contributed by atoms with E-state index in [-0.39, 0.29) is 5.91 Å². The van der Waals surface area contributed by atoms with Gasteiger partial charge in [-0.25, -0.2) is 0 Å². The number of hydrogen-bond donors (Lipinski definition) is 2. The highest BCUT2D eigenvalue weighted by molar-refractivity contribution is 5.81. The summed E-state index contributed by atoms with van der Waals surface area (Å²) in [5.74, 6) is 0.584. The molecule has 3 N–H and O–H groups in total. The minimum Gasteiger partial charge on any atom is -0.481 e. The topological polar surface area (TPSA) is 64.3 Å². The number of nitrogens with two attached hydrogens (primary N) is 1. The lowest BCUT2D eigenvalue weighted by molar-refractivity contribution is -0.128. The van der Waals surface area contributed by atoms with Crippen LogP contribution in [0.5, 0.6) is 5.75 Å². The lowest BCUT2D eigenvalue weighted by atomic mass is 9.95. The predicted octanol–water partition coefficient (Wildman–Crippen LogP) is 2.49. The molecule has 0 saturated heterocycles. The van der Waals surface area contributed by atoms with Gasteiger partial charge in [0.25, 0.3) is 5.91 Å². The number of rotatable bonds is 4. The Bertz CT molecular complexity index is 428. The summed E-state index contributed by atoms with van der Waals surface area (Å²) in [4.78, 5) is 12.0. The molecular weight excluding hydrogens is 240 g/mol. The zero-order valence-electron chi connectivity index (χ0n) is 11.4. The van der Waals surface area contributed by atoms with Crippen molar-refractivity contribution in [1.82, 2.24) is 5.32 Å². The van der Waals surface area contributed by atoms with E-state index in [9.17, 15) is 4.79 Å². The van der Waals surface area contributed by atoms with Crippen molar-refractivity contribution in [2.45, 2.75) is 51.2 Å². The molecule has 0 spiro atoms. The SMILES string of the molecule is C[C@H](Oc1cccc(N)c1)C(=O)NC1CCCCC1. The van der Waals surface area contributed by atoms with Crippen LogP contribution in [0.2, 0.25) is 0 Å². The molecule has 4 nitrogen and oxygen atoms in total. The van der Waals surface area contributed by atoms with Crippen LogP contribution in [0.4, 0.5) is 5.69 Å². The van der Waals surface area contributed by atoms with Crippen LogP contribution in [0.1, 0.15) is 39.0 Å². The molecule has 19 heavy (non-hydrogen) atoms. The molecule has 0 unspecified atom stereocenters. The van der Waals surface area contributed by atoms with Gasteiger partial charge in [-0.1, -0.05) is 25.3 Å². The third-order valence-electron chi connectivity index (χ3n) is 3.49. The molecule has 1 aromatic rings. The summed E-state index contributed by atoms with van der Waals surface area (Å²) >= 11 is 0. The van der Waals surface area contributed by atoms with E-state index in [2.05, 4.69) is 5.32 Å². The van der Waals surface area contributed by atoms with Gasteiger partial charge >= 0.3 is 0 Å². The van der Waals surface area contributed by atoms with Crippen LogP contribution in [0.25, 0.3) is 0 Å². The van der Waals surface area contributed by atoms with Crippen molar-refractivity contribution < 1.29 is 9.53 Å². The Hall–Kier alpha value is -1.71. The molecule has 0 heterocycles. The second-order valence-corrected chi connectivity index (χ2v) is 5.18. The summed E-state index contributed by atoms with van der Waals surface area (Å²) in [6.45, 7) is 1.77. The highest BCUT2D eigenvalue weighted by Crippen LogP contribution is 2.19. The average molecular weight is 262 g/mol. The molecule has 1 atom stereocenters. The molecule has 0 radical (unpaired) electrons. The summed E-state index contributed by atoms with van der Waals surface area (Å²) in [6.07, 6.45) is 5.35. The molecule has 0 aromatic heterocycles. The van der Waals surface area contributed by atoms with Crippen LogP contribution in [-0.4, -0.2) is 18.1 Å². The minimum absolute atomic E-state index is 0.0469. The third-order valence-corrected chi connectivity index (χ3v) is 3.49. The maximum absolute atomic E-state index is 12.0. The third kappa shape index (κ3) is 4.16. The minimum atomic E-state index is -0.497. The molecule has 4 heteroatoms. The second-order valence-electron chi connectivity index (χ2n) is 5.18. The first-order valence-electron chi connectivity index (χ1n) is 6.98. The van der Waals surface area contributed by atoms with Crippen LogP contribution in [0.15, 0.2) is 24.3 Å². The van der Waals surface area contributed by atoms with Crippen molar-refractivity contribution in [1.29, 1.82) is 0 Å². The average Bonchev–Trinajstić information content (AvgIpc) is 2.40. The number of hydrogen-bond acceptors (Lipinski definition) is 3. The number of amides is 1. The van der Waals surface area contributed by atoms with E-state index in [4.69, 9.17) is 10.5 Å². The largest absolute Gasteiger partial charge is 0.481 e. The van der Waals surface area contributed by atoms with Crippen molar-refractivity contribution in [2.75, 3.05) is 5.73 Å². The smallest absolute Gasteiger partial charge is 0.260 e. The normalized spacial score (nSPS) is 17.7. The molecule has 1 aromatic carbocycles. The second kappa shape index (κ2) is 6.45. The van der Waals surface area contributed by atoms with Crippen molar-refractivity contribution in [3.63, 3.8) is 0 Å². The van der Waals surface area contributed by atoms with E-state index >= 15 is 0 Å². The van der Waals surface area contributed by atoms with E-state index in [1.165, 1.54) is 19.3 Å². The van der Waals surface area contributed by atoms with Gasteiger partial charge in [-0.15, -0.1) is 0 Å². The number of benzene rings is 1. The zero-order valence-corrected chi connectivity index (χ0v) is 11.4. The standard InChI is InChI=1S/C15H22N2O2/c1-11(19-14-9-5-6-12(16)10-14)15(18)17-13-7-3-2-4-8-13/h5-6,9-11,13H,2-4,7-8,16H2,1H3,(H,17,18)/t11-/m0/s1. The highest BCUT2D eigenvalue weighted by atomic mass is 16.5. The van der Waals surface area contributed by atoms with Gasteiger partial charge in [-0.2, -0.15) is 0 Å². The van der Waals surface area contributed by atoms with Crippen molar-refractivity contribution in [2.24, 2.45) is 0 Å². The van der Waals surface area contributed by atoms with E-state index < -0.39 is 6.10 Å². The Morgan fingerprint density at radius 1 is 1.37 bits per heavy atom. The summed E-state index contributed by atoms with van der Waals surface area (Å²) in [6, 6.07) is 7.45. The number of nitrogens with one attached hydrogen (secondary N) is 1. The first-order valence-corrected chi connectivity index (χ1v) is 6.98. The fraction of sp³-hybridized carbons (Fsp3) is 0.533. The lowest BCUT2D eigenvalue weighted by Crippen LogP contribution is -2.43. The van der Waals surface area contributed by atoms with Gasteiger partial charge in [0, 0.05) is 17.8 Å². The summed E-state index contributed by atoms with van der Waals surface area (Å²) < 4.78 is 5.61. The van der Waals surface area contributed by atoms with Crippen molar-refractivity contribution >= 4 is 11.6 Å². The van der Waals surface area contributed by atoms with Gasteiger partial charge in [-0.3, -0.25) is 4.79 Å². The number of ether oxygens (including phenoxy) is 1. The van der Waals surface area contributed by atoms with E-state index in [0.29, 0.717) is 17.5 Å². The molecule has 2 rings (SSSR count). The first-order chi connectivity index (χ1) is 9.15. The van der Waals surface area contributed by atoms with Gasteiger partial charge in [-0.05, 0) is 31.9 Å². The maximum atomic E-state index is 12.0. The summed E-state index contributed by atoms with van der Waals surface area (Å²) in [5, 5.41) is 3.06. The molecule has 1 fully saturated rings. The zero-order chi connectivity index (χ0) is 13.7. The predicted molar refractivity (Wildman–Crippen MR) is 76.0 cm³/mol. The number of anilines is 1. The van der Waals surface area contributed by atoms with E-state index in [1.807, 2.05) is 6.07 Å². The quantitative estimate of drug-likeness (QED) is 0.819. The Balaban J connectivity index is 1.84. The Morgan fingerprint density at radius 2 is 2.11 bits per heavy atom. The molecule has 1 amide bonds. The monoisotopic (exact) mass is 262 g/mol. The van der Waals surface area contributed by atoms with Gasteiger partial charge < -0.3 is 15.8 Å². The van der Waals surface area contributed by atoms with Crippen LogP contribution >= 0.6 is 0 Å². The molecule has 1 saturated carbocycles. The maximum Gasteiger partial charge on any atom is 0.260 e. The van der Waals surface area contributed by atoms with Crippen LogP contribution in [-0.2, 0) is 4.79 Å². The Kier molecular flexibility index (Phi) is 4.66. The molecular formula is C15H22N2O2. The number of carbonyl (C=O) groups excluding carboxylic acids is 1. The van der Waals surface area contributed by atoms with E-state index in [0.717, 1.165) is 12.8 Å². The van der Waals surface area contributed by atoms with Gasteiger partial charge in [0.05, 0.1) is 0 Å². The van der Waals surface area contributed by atoms with Crippen LogP contribution in [0.3, 0.4) is 0 Å². The fourth-order valence-corrected chi connectivity index (χ4v) is 2.41. The number of carbonyl (C=O) groups is 1. The van der Waals surface area contributed by atoms with Crippen LogP contribution < -0.4 is 15.8 Å². The molecule has 1 aliphatic rings.